The summed E-state index contributed by atoms with van der Waals surface area (Å²) in [7, 11) is 1.31. The predicted octanol–water partition coefficient (Wildman–Crippen LogP) is 7.07. The number of esters is 1. The molecule has 0 saturated heterocycles. The Balaban J connectivity index is 0.000000251. The standard InChI is InChI=1S/C18H17NO5.C12H27N/c1-22-18(21)11-6-7-13(23-10-4-2-3-5-10)16-14(11)15-12(24-16)8-9-19-17(15)20;1-4-7-10-13(11-8-5-2)12-9-6-3/h6-10H,2-5H2,1H3,(H,19,20);4-12H2,1-3H3. The zero-order valence-electron chi connectivity index (χ0n) is 23.1. The van der Waals surface area contributed by atoms with Crippen molar-refractivity contribution in [2.45, 2.75) is 91.1 Å². The van der Waals surface area contributed by atoms with Crippen LogP contribution in [0.1, 0.15) is 95.3 Å². The second-order valence-corrected chi connectivity index (χ2v) is 9.88. The molecule has 37 heavy (non-hydrogen) atoms. The maximum absolute atomic E-state index is 12.3. The highest BCUT2D eigenvalue weighted by molar-refractivity contribution is 6.16. The zero-order chi connectivity index (χ0) is 26.6. The number of aromatic nitrogens is 1. The summed E-state index contributed by atoms with van der Waals surface area (Å²) in [5.74, 6) is 0.0403. The molecule has 1 aliphatic carbocycles. The van der Waals surface area contributed by atoms with Crippen LogP contribution in [0.25, 0.3) is 21.9 Å². The van der Waals surface area contributed by atoms with Gasteiger partial charge in [0.05, 0.1) is 29.5 Å². The van der Waals surface area contributed by atoms with Crippen molar-refractivity contribution < 1.29 is 18.7 Å². The SMILES string of the molecule is CCCCN(CCCC)CCCC.COC(=O)c1ccc(OC2CCCC2)c2oc3cc[nH]c(=O)c3c12. The largest absolute Gasteiger partial charge is 0.486 e. The van der Waals surface area contributed by atoms with Gasteiger partial charge in [-0.3, -0.25) is 4.79 Å². The number of furan rings is 1. The molecular formula is C30H44N2O5. The molecule has 3 aromatic rings. The van der Waals surface area contributed by atoms with Crippen molar-refractivity contribution in [3.8, 4) is 5.75 Å². The van der Waals surface area contributed by atoms with Gasteiger partial charge >= 0.3 is 5.97 Å². The fourth-order valence-corrected chi connectivity index (χ4v) is 4.84. The number of aromatic amines is 1. The van der Waals surface area contributed by atoms with Gasteiger partial charge in [-0.05, 0) is 82.8 Å². The number of fused-ring (bicyclic) bond motifs is 3. The number of methoxy groups -OCH3 is 1. The van der Waals surface area contributed by atoms with E-state index in [9.17, 15) is 9.59 Å². The van der Waals surface area contributed by atoms with Crippen LogP contribution in [0.15, 0.2) is 33.6 Å². The third kappa shape index (κ3) is 7.60. The molecule has 2 heterocycles. The van der Waals surface area contributed by atoms with Crippen LogP contribution >= 0.6 is 0 Å². The smallest absolute Gasteiger partial charge is 0.338 e. The van der Waals surface area contributed by atoms with E-state index in [-0.39, 0.29) is 11.7 Å². The molecule has 0 spiro atoms. The van der Waals surface area contributed by atoms with Gasteiger partial charge in [-0.1, -0.05) is 40.0 Å². The number of nitrogens with zero attached hydrogens (tertiary/aromatic N) is 1. The Labute approximate surface area is 220 Å². The van der Waals surface area contributed by atoms with Gasteiger partial charge in [0.15, 0.2) is 11.3 Å². The highest BCUT2D eigenvalue weighted by Crippen LogP contribution is 2.37. The third-order valence-electron chi connectivity index (χ3n) is 6.99. The van der Waals surface area contributed by atoms with Gasteiger partial charge in [-0.15, -0.1) is 0 Å². The van der Waals surface area contributed by atoms with Crippen LogP contribution in [0, 0.1) is 0 Å². The first-order chi connectivity index (χ1) is 18.0. The molecular weight excluding hydrogens is 468 g/mol. The normalized spacial score (nSPS) is 13.8. The third-order valence-corrected chi connectivity index (χ3v) is 6.99. The Morgan fingerprint density at radius 2 is 1.59 bits per heavy atom. The van der Waals surface area contributed by atoms with Gasteiger partial charge in [-0.2, -0.15) is 0 Å². The van der Waals surface area contributed by atoms with E-state index in [2.05, 4.69) is 30.7 Å². The number of H-pyrrole nitrogens is 1. The van der Waals surface area contributed by atoms with Crippen LogP contribution < -0.4 is 10.3 Å². The van der Waals surface area contributed by atoms with Gasteiger partial charge in [-0.25, -0.2) is 4.79 Å². The van der Waals surface area contributed by atoms with E-state index in [0.29, 0.717) is 33.3 Å². The minimum absolute atomic E-state index is 0.142. The maximum atomic E-state index is 12.3. The summed E-state index contributed by atoms with van der Waals surface area (Å²) >= 11 is 0. The lowest BCUT2D eigenvalue weighted by atomic mass is 10.1. The maximum Gasteiger partial charge on any atom is 0.338 e. The fraction of sp³-hybridized carbons (Fsp3) is 0.600. The topological polar surface area (TPSA) is 84.8 Å². The molecule has 204 valence electrons. The van der Waals surface area contributed by atoms with Gasteiger partial charge in [0.2, 0.25) is 0 Å². The van der Waals surface area contributed by atoms with Crippen LogP contribution in [0.4, 0.5) is 0 Å². The van der Waals surface area contributed by atoms with E-state index in [4.69, 9.17) is 13.9 Å². The average Bonchev–Trinajstić information content (AvgIpc) is 3.57. The van der Waals surface area contributed by atoms with Crippen molar-refractivity contribution in [3.63, 3.8) is 0 Å². The van der Waals surface area contributed by atoms with Crippen LogP contribution in [-0.4, -0.2) is 48.7 Å². The lowest BCUT2D eigenvalue weighted by molar-refractivity contribution is 0.0603. The molecule has 1 aromatic carbocycles. The van der Waals surface area contributed by atoms with Crippen molar-refractivity contribution in [3.05, 3.63) is 40.3 Å². The first-order valence-corrected chi connectivity index (χ1v) is 14.1. The molecule has 2 aromatic heterocycles. The quantitative estimate of drug-likeness (QED) is 0.261. The molecule has 0 atom stereocenters. The molecule has 0 radical (unpaired) electrons. The Bertz CT molecular complexity index is 1160. The minimum atomic E-state index is -0.515. The number of rotatable bonds is 12. The highest BCUT2D eigenvalue weighted by atomic mass is 16.5. The highest BCUT2D eigenvalue weighted by Gasteiger charge is 2.24. The molecule has 1 N–H and O–H groups in total. The Morgan fingerprint density at radius 1 is 0.973 bits per heavy atom. The first-order valence-electron chi connectivity index (χ1n) is 14.1. The Hall–Kier alpha value is -2.80. The number of hydrogen-bond donors (Lipinski definition) is 1. The number of nitrogens with one attached hydrogen (secondary N) is 1. The van der Waals surface area contributed by atoms with E-state index < -0.39 is 5.97 Å². The molecule has 0 unspecified atom stereocenters. The molecule has 1 fully saturated rings. The van der Waals surface area contributed by atoms with Crippen LogP contribution in [-0.2, 0) is 4.74 Å². The summed E-state index contributed by atoms with van der Waals surface area (Å²) in [4.78, 5) is 29.6. The summed E-state index contributed by atoms with van der Waals surface area (Å²) in [5.41, 5.74) is 0.814. The monoisotopic (exact) mass is 512 g/mol. The Morgan fingerprint density at radius 3 is 2.16 bits per heavy atom. The second-order valence-electron chi connectivity index (χ2n) is 9.88. The molecule has 4 rings (SSSR count). The number of pyridine rings is 1. The predicted molar refractivity (Wildman–Crippen MR) is 150 cm³/mol. The summed E-state index contributed by atoms with van der Waals surface area (Å²) in [6, 6.07) is 5.00. The summed E-state index contributed by atoms with van der Waals surface area (Å²) in [5, 5.41) is 0.777. The number of carbonyl (C=O) groups is 1. The van der Waals surface area contributed by atoms with E-state index >= 15 is 0 Å². The molecule has 7 nitrogen and oxygen atoms in total. The first kappa shape index (κ1) is 28.8. The molecule has 1 aliphatic rings. The van der Waals surface area contributed by atoms with Crippen molar-refractivity contribution in [1.29, 1.82) is 0 Å². The number of carbonyl (C=O) groups excluding carboxylic acids is 1. The van der Waals surface area contributed by atoms with Gasteiger partial charge in [0.1, 0.15) is 5.58 Å². The Kier molecular flexibility index (Phi) is 11.5. The van der Waals surface area contributed by atoms with Gasteiger partial charge in [0.25, 0.3) is 5.56 Å². The van der Waals surface area contributed by atoms with Crippen LogP contribution in [0.5, 0.6) is 5.75 Å². The molecule has 1 saturated carbocycles. The van der Waals surface area contributed by atoms with Crippen molar-refractivity contribution in [1.82, 2.24) is 9.88 Å². The number of benzene rings is 1. The number of ether oxygens (including phenoxy) is 2. The minimum Gasteiger partial charge on any atom is -0.486 e. The zero-order valence-corrected chi connectivity index (χ0v) is 23.1. The summed E-state index contributed by atoms with van der Waals surface area (Å²) in [6.45, 7) is 10.8. The molecule has 0 aliphatic heterocycles. The van der Waals surface area contributed by atoms with E-state index in [0.717, 1.165) is 25.7 Å². The van der Waals surface area contributed by atoms with E-state index in [1.807, 2.05) is 0 Å². The number of unbranched alkanes of at least 4 members (excludes halogenated alkanes) is 3. The van der Waals surface area contributed by atoms with E-state index in [1.165, 1.54) is 71.5 Å². The molecule has 0 bridgehead atoms. The van der Waals surface area contributed by atoms with Crippen LogP contribution in [0.2, 0.25) is 0 Å². The van der Waals surface area contributed by atoms with E-state index in [1.54, 1.807) is 18.2 Å². The van der Waals surface area contributed by atoms with Crippen LogP contribution in [0.3, 0.4) is 0 Å². The van der Waals surface area contributed by atoms with Crippen molar-refractivity contribution >= 4 is 27.9 Å². The lowest BCUT2D eigenvalue weighted by Gasteiger charge is -2.21. The molecule has 7 heteroatoms. The molecule has 0 amide bonds. The van der Waals surface area contributed by atoms with Crippen molar-refractivity contribution in [2.24, 2.45) is 0 Å². The fourth-order valence-electron chi connectivity index (χ4n) is 4.84. The second kappa shape index (κ2) is 14.8. The van der Waals surface area contributed by atoms with Gasteiger partial charge < -0.3 is 23.8 Å². The van der Waals surface area contributed by atoms with Gasteiger partial charge in [0, 0.05) is 6.20 Å². The van der Waals surface area contributed by atoms with Crippen molar-refractivity contribution in [2.75, 3.05) is 26.7 Å². The average molecular weight is 513 g/mol. The lowest BCUT2D eigenvalue weighted by Crippen LogP contribution is -2.27. The summed E-state index contributed by atoms with van der Waals surface area (Å²) < 4.78 is 16.8. The number of hydrogen-bond acceptors (Lipinski definition) is 6. The summed E-state index contributed by atoms with van der Waals surface area (Å²) in [6.07, 6.45) is 14.0.